The number of hydrogen-bond donors (Lipinski definition) is 0. The van der Waals surface area contributed by atoms with Gasteiger partial charge >= 0.3 is 0 Å². The molecular weight excluding hydrogens is 224 g/mol. The Labute approximate surface area is 105 Å². The van der Waals surface area contributed by atoms with Crippen LogP contribution in [-0.2, 0) is 6.54 Å². The predicted octanol–water partition coefficient (Wildman–Crippen LogP) is 2.90. The Morgan fingerprint density at radius 1 is 1.17 bits per heavy atom. The Kier molecular flexibility index (Phi) is 2.65. The SMILES string of the molecule is O=Cc1cccc2c1ccn2Cc1cccnc1. The van der Waals surface area contributed by atoms with Gasteiger partial charge in [-0.1, -0.05) is 18.2 Å². The average Bonchev–Trinajstić information content (AvgIpc) is 2.83. The topological polar surface area (TPSA) is 34.9 Å². The van der Waals surface area contributed by atoms with Crippen molar-refractivity contribution in [3.05, 3.63) is 66.1 Å². The highest BCUT2D eigenvalue weighted by atomic mass is 16.1. The minimum absolute atomic E-state index is 0.734. The van der Waals surface area contributed by atoms with E-state index in [1.54, 1.807) is 6.20 Å². The number of carbonyl (C=O) groups is 1. The van der Waals surface area contributed by atoms with E-state index in [0.29, 0.717) is 0 Å². The van der Waals surface area contributed by atoms with Crippen molar-refractivity contribution in [2.24, 2.45) is 0 Å². The van der Waals surface area contributed by atoms with E-state index in [4.69, 9.17) is 0 Å². The molecule has 3 nitrogen and oxygen atoms in total. The van der Waals surface area contributed by atoms with Gasteiger partial charge in [-0.05, 0) is 23.8 Å². The maximum atomic E-state index is 11.0. The number of aromatic nitrogens is 2. The van der Waals surface area contributed by atoms with Gasteiger partial charge in [-0.15, -0.1) is 0 Å². The summed E-state index contributed by atoms with van der Waals surface area (Å²) in [7, 11) is 0. The standard InChI is InChI=1S/C15H12N2O/c18-11-13-4-1-5-15-14(13)6-8-17(15)10-12-3-2-7-16-9-12/h1-9,11H,10H2. The van der Waals surface area contributed by atoms with Gasteiger partial charge in [0, 0.05) is 41.6 Å². The first-order chi connectivity index (χ1) is 8.88. The molecule has 0 atom stereocenters. The molecule has 0 aliphatic rings. The van der Waals surface area contributed by atoms with Crippen LogP contribution in [0.1, 0.15) is 15.9 Å². The van der Waals surface area contributed by atoms with Crippen molar-refractivity contribution in [1.29, 1.82) is 0 Å². The molecule has 18 heavy (non-hydrogen) atoms. The van der Waals surface area contributed by atoms with Gasteiger partial charge in [0.05, 0.1) is 0 Å². The highest BCUT2D eigenvalue weighted by Gasteiger charge is 2.05. The van der Waals surface area contributed by atoms with Gasteiger partial charge in [0.15, 0.2) is 6.29 Å². The van der Waals surface area contributed by atoms with Crippen molar-refractivity contribution < 1.29 is 4.79 Å². The Morgan fingerprint density at radius 2 is 2.11 bits per heavy atom. The van der Waals surface area contributed by atoms with Crippen molar-refractivity contribution in [3.63, 3.8) is 0 Å². The Morgan fingerprint density at radius 3 is 2.89 bits per heavy atom. The lowest BCUT2D eigenvalue weighted by Gasteiger charge is -2.05. The van der Waals surface area contributed by atoms with Gasteiger partial charge < -0.3 is 4.57 Å². The predicted molar refractivity (Wildman–Crippen MR) is 70.7 cm³/mol. The average molecular weight is 236 g/mol. The molecule has 1 aromatic carbocycles. The van der Waals surface area contributed by atoms with Crippen molar-refractivity contribution in [2.75, 3.05) is 0 Å². The third-order valence-electron chi connectivity index (χ3n) is 3.05. The van der Waals surface area contributed by atoms with Crippen LogP contribution in [0, 0.1) is 0 Å². The monoisotopic (exact) mass is 236 g/mol. The summed E-state index contributed by atoms with van der Waals surface area (Å²) < 4.78 is 2.12. The van der Waals surface area contributed by atoms with E-state index in [0.717, 1.165) is 34.9 Å². The van der Waals surface area contributed by atoms with Crippen molar-refractivity contribution in [2.45, 2.75) is 6.54 Å². The van der Waals surface area contributed by atoms with Crippen molar-refractivity contribution in [3.8, 4) is 0 Å². The van der Waals surface area contributed by atoms with Gasteiger partial charge in [0.25, 0.3) is 0 Å². The molecule has 0 fully saturated rings. The van der Waals surface area contributed by atoms with E-state index in [9.17, 15) is 4.79 Å². The molecule has 0 saturated carbocycles. The van der Waals surface area contributed by atoms with Crippen LogP contribution in [0.2, 0.25) is 0 Å². The van der Waals surface area contributed by atoms with E-state index >= 15 is 0 Å². The highest BCUT2D eigenvalue weighted by molar-refractivity contribution is 5.97. The number of pyridine rings is 1. The van der Waals surface area contributed by atoms with Gasteiger partial charge in [-0.3, -0.25) is 9.78 Å². The molecule has 3 heteroatoms. The number of rotatable bonds is 3. The number of fused-ring (bicyclic) bond motifs is 1. The van der Waals surface area contributed by atoms with Gasteiger partial charge in [0.2, 0.25) is 0 Å². The van der Waals surface area contributed by atoms with Crippen LogP contribution in [0.5, 0.6) is 0 Å². The smallest absolute Gasteiger partial charge is 0.150 e. The lowest BCUT2D eigenvalue weighted by Crippen LogP contribution is -1.98. The Hall–Kier alpha value is -2.42. The molecule has 0 spiro atoms. The molecule has 3 rings (SSSR count). The summed E-state index contributed by atoms with van der Waals surface area (Å²) in [6.45, 7) is 0.764. The first kappa shape index (κ1) is 10.7. The van der Waals surface area contributed by atoms with Crippen LogP contribution >= 0.6 is 0 Å². The highest BCUT2D eigenvalue weighted by Crippen LogP contribution is 2.20. The van der Waals surface area contributed by atoms with Gasteiger partial charge in [0.1, 0.15) is 0 Å². The minimum Gasteiger partial charge on any atom is -0.343 e. The minimum atomic E-state index is 0.734. The number of aldehydes is 1. The van der Waals surface area contributed by atoms with E-state index < -0.39 is 0 Å². The molecule has 0 aliphatic heterocycles. The molecule has 3 aromatic rings. The summed E-state index contributed by atoms with van der Waals surface area (Å²) in [5.74, 6) is 0. The summed E-state index contributed by atoms with van der Waals surface area (Å²) >= 11 is 0. The van der Waals surface area contributed by atoms with Crippen LogP contribution in [0.3, 0.4) is 0 Å². The molecule has 0 amide bonds. The molecular formula is C15H12N2O. The second-order valence-corrected chi connectivity index (χ2v) is 4.20. The largest absolute Gasteiger partial charge is 0.343 e. The summed E-state index contributed by atoms with van der Waals surface area (Å²) in [6.07, 6.45) is 6.53. The first-order valence-corrected chi connectivity index (χ1v) is 5.80. The maximum absolute atomic E-state index is 11.0. The molecule has 0 N–H and O–H groups in total. The van der Waals surface area contributed by atoms with Crippen LogP contribution < -0.4 is 0 Å². The zero-order chi connectivity index (χ0) is 12.4. The summed E-state index contributed by atoms with van der Waals surface area (Å²) in [6, 6.07) is 11.7. The van der Waals surface area contributed by atoms with E-state index in [1.807, 2.05) is 48.8 Å². The molecule has 0 unspecified atom stereocenters. The molecule has 2 heterocycles. The van der Waals surface area contributed by atoms with Crippen LogP contribution in [0.4, 0.5) is 0 Å². The second kappa shape index (κ2) is 4.45. The lowest BCUT2D eigenvalue weighted by molar-refractivity contribution is 0.112. The molecule has 2 aromatic heterocycles. The number of benzene rings is 1. The third-order valence-corrected chi connectivity index (χ3v) is 3.05. The molecule has 88 valence electrons. The Balaban J connectivity index is 2.06. The summed E-state index contributed by atoms with van der Waals surface area (Å²) in [5, 5.41) is 0.997. The van der Waals surface area contributed by atoms with Gasteiger partial charge in [-0.2, -0.15) is 0 Å². The second-order valence-electron chi connectivity index (χ2n) is 4.20. The Bertz CT molecular complexity index is 686. The zero-order valence-electron chi connectivity index (χ0n) is 9.78. The maximum Gasteiger partial charge on any atom is 0.150 e. The normalized spacial score (nSPS) is 10.7. The van der Waals surface area contributed by atoms with E-state index in [1.165, 1.54) is 0 Å². The van der Waals surface area contributed by atoms with Crippen molar-refractivity contribution >= 4 is 17.2 Å². The van der Waals surface area contributed by atoms with Gasteiger partial charge in [-0.25, -0.2) is 0 Å². The number of nitrogens with zero attached hydrogens (tertiary/aromatic N) is 2. The number of carbonyl (C=O) groups excluding carboxylic acids is 1. The zero-order valence-corrected chi connectivity index (χ0v) is 9.78. The fourth-order valence-electron chi connectivity index (χ4n) is 2.18. The molecule has 0 aliphatic carbocycles. The molecule has 0 bridgehead atoms. The molecule has 0 saturated heterocycles. The molecule has 0 radical (unpaired) electrons. The van der Waals surface area contributed by atoms with E-state index in [-0.39, 0.29) is 0 Å². The van der Waals surface area contributed by atoms with E-state index in [2.05, 4.69) is 9.55 Å². The fourth-order valence-corrected chi connectivity index (χ4v) is 2.18. The fraction of sp³-hybridized carbons (Fsp3) is 0.0667. The third kappa shape index (κ3) is 1.80. The quantitative estimate of drug-likeness (QED) is 0.655. The first-order valence-electron chi connectivity index (χ1n) is 5.80. The summed E-state index contributed by atoms with van der Waals surface area (Å²) in [5.41, 5.74) is 2.95. The van der Waals surface area contributed by atoms with Crippen molar-refractivity contribution in [1.82, 2.24) is 9.55 Å². The van der Waals surface area contributed by atoms with Crippen LogP contribution in [0.25, 0.3) is 10.9 Å². The lowest BCUT2D eigenvalue weighted by atomic mass is 10.1. The number of hydrogen-bond acceptors (Lipinski definition) is 2. The van der Waals surface area contributed by atoms with Crippen LogP contribution in [0.15, 0.2) is 55.0 Å². The van der Waals surface area contributed by atoms with Crippen LogP contribution in [-0.4, -0.2) is 15.8 Å². The summed E-state index contributed by atoms with van der Waals surface area (Å²) in [4.78, 5) is 15.1.